The van der Waals surface area contributed by atoms with Crippen LogP contribution < -0.4 is 5.73 Å². The maximum atomic E-state index is 12.5. The van der Waals surface area contributed by atoms with Crippen molar-refractivity contribution in [1.82, 2.24) is 4.90 Å². The van der Waals surface area contributed by atoms with Gasteiger partial charge in [-0.05, 0) is 23.3 Å². The summed E-state index contributed by atoms with van der Waals surface area (Å²) in [4.78, 5) is 25.7. The first-order valence-electron chi connectivity index (χ1n) is 7.67. The molecule has 3 rings (SSSR count). The molecular weight excluding hydrogens is 292 g/mol. The SMILES string of the molecule is C[C@]1(C(N)=O)CN(C(=O)Cc2ccc3ccccc3c2)CCO1. The first-order valence-corrected chi connectivity index (χ1v) is 7.67. The van der Waals surface area contributed by atoms with Crippen LogP contribution in [0.4, 0.5) is 0 Å². The van der Waals surface area contributed by atoms with Crippen LogP contribution in [-0.4, -0.2) is 42.0 Å². The van der Waals surface area contributed by atoms with Gasteiger partial charge in [0.25, 0.3) is 5.91 Å². The highest BCUT2D eigenvalue weighted by atomic mass is 16.5. The fraction of sp³-hybridized carbons (Fsp3) is 0.333. The van der Waals surface area contributed by atoms with E-state index in [9.17, 15) is 9.59 Å². The van der Waals surface area contributed by atoms with Gasteiger partial charge in [0.2, 0.25) is 5.91 Å². The van der Waals surface area contributed by atoms with Gasteiger partial charge in [0.15, 0.2) is 5.60 Å². The van der Waals surface area contributed by atoms with Crippen molar-refractivity contribution in [2.24, 2.45) is 5.73 Å². The minimum absolute atomic E-state index is 0.0175. The van der Waals surface area contributed by atoms with Gasteiger partial charge < -0.3 is 15.4 Å². The first-order chi connectivity index (χ1) is 11.0. The van der Waals surface area contributed by atoms with Crippen molar-refractivity contribution >= 4 is 22.6 Å². The highest BCUT2D eigenvalue weighted by Gasteiger charge is 2.39. The van der Waals surface area contributed by atoms with Gasteiger partial charge in [-0.1, -0.05) is 42.5 Å². The van der Waals surface area contributed by atoms with Crippen LogP contribution in [0.3, 0.4) is 0 Å². The maximum absolute atomic E-state index is 12.5. The number of primary amides is 1. The summed E-state index contributed by atoms with van der Waals surface area (Å²) in [5.41, 5.74) is 5.24. The summed E-state index contributed by atoms with van der Waals surface area (Å²) in [5, 5.41) is 2.26. The number of rotatable bonds is 3. The Morgan fingerprint density at radius 1 is 1.22 bits per heavy atom. The molecular formula is C18H20N2O3. The third-order valence-electron chi connectivity index (χ3n) is 4.32. The molecule has 5 heteroatoms. The lowest BCUT2D eigenvalue weighted by Gasteiger charge is -2.38. The largest absolute Gasteiger partial charge is 0.367 e. The number of benzene rings is 2. The Kier molecular flexibility index (Phi) is 4.05. The van der Waals surface area contributed by atoms with Gasteiger partial charge in [0, 0.05) is 6.54 Å². The monoisotopic (exact) mass is 312 g/mol. The van der Waals surface area contributed by atoms with Crippen molar-refractivity contribution in [3.05, 3.63) is 48.0 Å². The zero-order valence-electron chi connectivity index (χ0n) is 13.1. The molecule has 2 N–H and O–H groups in total. The van der Waals surface area contributed by atoms with Gasteiger partial charge in [-0.15, -0.1) is 0 Å². The summed E-state index contributed by atoms with van der Waals surface area (Å²) in [6.45, 7) is 2.64. The third kappa shape index (κ3) is 3.19. The quantitative estimate of drug-likeness (QED) is 0.933. The number of carbonyl (C=O) groups is 2. The molecule has 1 saturated heterocycles. The van der Waals surface area contributed by atoms with Crippen LogP contribution in [0, 0.1) is 0 Å². The summed E-state index contributed by atoms with van der Waals surface area (Å²) in [7, 11) is 0. The van der Waals surface area contributed by atoms with E-state index in [2.05, 4.69) is 0 Å². The molecule has 2 aromatic carbocycles. The zero-order valence-corrected chi connectivity index (χ0v) is 13.1. The number of morpholine rings is 1. The smallest absolute Gasteiger partial charge is 0.251 e. The fourth-order valence-electron chi connectivity index (χ4n) is 2.87. The minimum atomic E-state index is -1.10. The average molecular weight is 312 g/mol. The molecule has 0 spiro atoms. The molecule has 5 nitrogen and oxygen atoms in total. The van der Waals surface area contributed by atoms with Gasteiger partial charge in [-0.25, -0.2) is 0 Å². The molecule has 1 fully saturated rings. The highest BCUT2D eigenvalue weighted by Crippen LogP contribution is 2.20. The normalized spacial score (nSPS) is 21.3. The molecule has 1 heterocycles. The first kappa shape index (κ1) is 15.5. The molecule has 0 bridgehead atoms. The second-order valence-corrected chi connectivity index (χ2v) is 6.12. The van der Waals surface area contributed by atoms with Gasteiger partial charge in [-0.3, -0.25) is 9.59 Å². The molecule has 2 aromatic rings. The van der Waals surface area contributed by atoms with Gasteiger partial charge in [0.05, 0.1) is 19.6 Å². The molecule has 0 saturated carbocycles. The summed E-state index contributed by atoms with van der Waals surface area (Å²) in [6, 6.07) is 14.1. The Morgan fingerprint density at radius 3 is 2.70 bits per heavy atom. The van der Waals surface area contributed by atoms with Crippen LogP contribution in [0.1, 0.15) is 12.5 Å². The Morgan fingerprint density at radius 2 is 1.96 bits per heavy atom. The summed E-state index contributed by atoms with van der Waals surface area (Å²) < 4.78 is 5.45. The van der Waals surface area contributed by atoms with E-state index < -0.39 is 11.5 Å². The number of nitrogens with zero attached hydrogens (tertiary/aromatic N) is 1. The lowest BCUT2D eigenvalue weighted by Crippen LogP contribution is -2.58. The van der Waals surface area contributed by atoms with E-state index in [1.54, 1.807) is 11.8 Å². The van der Waals surface area contributed by atoms with Gasteiger partial charge >= 0.3 is 0 Å². The van der Waals surface area contributed by atoms with Gasteiger partial charge in [0.1, 0.15) is 0 Å². The summed E-state index contributed by atoms with van der Waals surface area (Å²) >= 11 is 0. The highest BCUT2D eigenvalue weighted by molar-refractivity contribution is 5.87. The number of nitrogens with two attached hydrogens (primary N) is 1. The molecule has 23 heavy (non-hydrogen) atoms. The standard InChI is InChI=1S/C18H20N2O3/c1-18(17(19)22)12-20(8-9-23-18)16(21)11-13-6-7-14-4-2-3-5-15(14)10-13/h2-7,10H,8-9,11-12H2,1H3,(H2,19,22)/t18-/m1/s1. The van der Waals surface area contributed by atoms with Gasteiger partial charge in [-0.2, -0.15) is 0 Å². The number of amides is 2. The minimum Gasteiger partial charge on any atom is -0.367 e. The predicted molar refractivity (Wildman–Crippen MR) is 87.8 cm³/mol. The van der Waals surface area contributed by atoms with E-state index in [0.717, 1.165) is 16.3 Å². The van der Waals surface area contributed by atoms with Crippen molar-refractivity contribution in [2.45, 2.75) is 18.9 Å². The molecule has 1 aliphatic rings. The molecule has 2 amide bonds. The summed E-state index contributed by atoms with van der Waals surface area (Å²) in [5.74, 6) is -0.559. The Bertz CT molecular complexity index is 759. The fourth-order valence-corrected chi connectivity index (χ4v) is 2.87. The molecule has 0 aliphatic carbocycles. The molecule has 0 radical (unpaired) electrons. The van der Waals surface area contributed by atoms with E-state index in [1.807, 2.05) is 42.5 Å². The molecule has 0 aromatic heterocycles. The second-order valence-electron chi connectivity index (χ2n) is 6.12. The maximum Gasteiger partial charge on any atom is 0.251 e. The number of hydrogen-bond acceptors (Lipinski definition) is 3. The van der Waals surface area contributed by atoms with Crippen LogP contribution in [0.2, 0.25) is 0 Å². The van der Waals surface area contributed by atoms with Crippen molar-refractivity contribution in [3.8, 4) is 0 Å². The Hall–Kier alpha value is -2.40. The van der Waals surface area contributed by atoms with Crippen LogP contribution >= 0.6 is 0 Å². The van der Waals surface area contributed by atoms with E-state index in [0.29, 0.717) is 19.6 Å². The lowest BCUT2D eigenvalue weighted by molar-refractivity contribution is -0.160. The molecule has 0 unspecified atom stereocenters. The average Bonchev–Trinajstić information content (AvgIpc) is 2.54. The number of carbonyl (C=O) groups excluding carboxylic acids is 2. The number of ether oxygens (including phenoxy) is 1. The van der Waals surface area contributed by atoms with Crippen LogP contribution in [0.15, 0.2) is 42.5 Å². The van der Waals surface area contributed by atoms with Crippen molar-refractivity contribution in [1.29, 1.82) is 0 Å². The van der Waals surface area contributed by atoms with E-state index in [4.69, 9.17) is 10.5 Å². The van der Waals surface area contributed by atoms with E-state index in [-0.39, 0.29) is 12.5 Å². The zero-order chi connectivity index (χ0) is 16.4. The number of fused-ring (bicyclic) bond motifs is 1. The van der Waals surface area contributed by atoms with Crippen LogP contribution in [-0.2, 0) is 20.7 Å². The van der Waals surface area contributed by atoms with E-state index >= 15 is 0 Å². The summed E-state index contributed by atoms with van der Waals surface area (Å²) in [6.07, 6.45) is 0.305. The van der Waals surface area contributed by atoms with Crippen molar-refractivity contribution in [3.63, 3.8) is 0 Å². The number of hydrogen-bond donors (Lipinski definition) is 1. The predicted octanol–water partition coefficient (Wildman–Crippen LogP) is 1.49. The lowest BCUT2D eigenvalue weighted by atomic mass is 10.0. The van der Waals surface area contributed by atoms with E-state index in [1.165, 1.54) is 0 Å². The topological polar surface area (TPSA) is 72.6 Å². The van der Waals surface area contributed by atoms with Crippen LogP contribution in [0.5, 0.6) is 0 Å². The molecule has 1 aliphatic heterocycles. The Labute approximate surface area is 135 Å². The third-order valence-corrected chi connectivity index (χ3v) is 4.32. The second kappa shape index (κ2) is 6.01. The van der Waals surface area contributed by atoms with Crippen molar-refractivity contribution in [2.75, 3.05) is 19.7 Å². The molecule has 1 atom stereocenters. The van der Waals surface area contributed by atoms with Crippen LogP contribution in [0.25, 0.3) is 10.8 Å². The molecule has 120 valence electrons. The Balaban J connectivity index is 1.74. The van der Waals surface area contributed by atoms with Crippen molar-refractivity contribution < 1.29 is 14.3 Å².